The van der Waals surface area contributed by atoms with Gasteiger partial charge in [0.2, 0.25) is 0 Å². The number of Topliss-reactive ketones (excluding diaryl/α,β-unsaturated/α-hetero) is 1. The third-order valence-corrected chi connectivity index (χ3v) is 5.25. The molecule has 0 radical (unpaired) electrons. The van der Waals surface area contributed by atoms with Crippen LogP contribution in [0.4, 0.5) is 4.39 Å². The molecule has 4 rings (SSSR count). The van der Waals surface area contributed by atoms with Crippen LogP contribution in [0.25, 0.3) is 5.76 Å². The number of aliphatic hydroxyl groups excluding tert-OH is 1. The highest BCUT2D eigenvalue weighted by Crippen LogP contribution is 2.40. The Labute approximate surface area is 184 Å². The van der Waals surface area contributed by atoms with Gasteiger partial charge >= 0.3 is 0 Å². The maximum atomic E-state index is 13.3. The minimum Gasteiger partial charge on any atom is -0.507 e. The molecule has 1 N–H and O–H groups in total. The highest BCUT2D eigenvalue weighted by molar-refractivity contribution is 6.46. The molecule has 1 saturated heterocycles. The normalized spacial score (nSPS) is 17.6. The summed E-state index contributed by atoms with van der Waals surface area (Å²) >= 11 is 0. The standard InChI is InChI=1S/C25H21FN2O4/c1-2-32-20-5-3-4-18(14-20)23(29)21-22(17-10-12-27-13-11-17)28(25(31)24(21)30)15-16-6-8-19(26)9-7-16/h3-14,22,29H,2,15H2,1H3/b23-21-. The van der Waals surface area contributed by atoms with Crippen molar-refractivity contribution < 1.29 is 23.8 Å². The molecule has 1 amide bonds. The largest absolute Gasteiger partial charge is 0.507 e. The van der Waals surface area contributed by atoms with Crippen LogP contribution in [0, 0.1) is 5.82 Å². The number of benzene rings is 2. The van der Waals surface area contributed by atoms with Crippen molar-refractivity contribution in [2.24, 2.45) is 0 Å². The van der Waals surface area contributed by atoms with E-state index in [0.29, 0.717) is 29.0 Å². The van der Waals surface area contributed by atoms with Gasteiger partial charge in [-0.3, -0.25) is 14.6 Å². The van der Waals surface area contributed by atoms with Crippen molar-refractivity contribution in [1.82, 2.24) is 9.88 Å². The summed E-state index contributed by atoms with van der Waals surface area (Å²) in [6.45, 7) is 2.37. The molecule has 0 aliphatic carbocycles. The highest BCUT2D eigenvalue weighted by Gasteiger charge is 2.46. The van der Waals surface area contributed by atoms with Gasteiger partial charge in [-0.15, -0.1) is 0 Å². The molecular weight excluding hydrogens is 411 g/mol. The van der Waals surface area contributed by atoms with E-state index < -0.39 is 23.5 Å². The number of hydrogen-bond donors (Lipinski definition) is 1. The van der Waals surface area contributed by atoms with Crippen molar-refractivity contribution in [1.29, 1.82) is 0 Å². The van der Waals surface area contributed by atoms with E-state index in [2.05, 4.69) is 4.98 Å². The Bertz CT molecular complexity index is 1180. The number of halogens is 1. The first-order valence-corrected chi connectivity index (χ1v) is 10.2. The van der Waals surface area contributed by atoms with Crippen LogP contribution in [0.15, 0.2) is 78.6 Å². The number of hydrogen-bond acceptors (Lipinski definition) is 5. The molecule has 7 heteroatoms. The first kappa shape index (κ1) is 21.2. The van der Waals surface area contributed by atoms with Crippen molar-refractivity contribution in [3.05, 3.63) is 101 Å². The van der Waals surface area contributed by atoms with E-state index in [1.54, 1.807) is 60.9 Å². The maximum absolute atomic E-state index is 13.3. The summed E-state index contributed by atoms with van der Waals surface area (Å²) in [5.41, 5.74) is 1.64. The average molecular weight is 432 g/mol. The van der Waals surface area contributed by atoms with Crippen LogP contribution >= 0.6 is 0 Å². The van der Waals surface area contributed by atoms with Crippen LogP contribution < -0.4 is 4.74 Å². The molecule has 2 aromatic carbocycles. The van der Waals surface area contributed by atoms with Crippen LogP contribution in [-0.2, 0) is 16.1 Å². The van der Waals surface area contributed by atoms with Crippen LogP contribution in [0.5, 0.6) is 5.75 Å². The van der Waals surface area contributed by atoms with E-state index in [0.717, 1.165) is 0 Å². The molecule has 1 aromatic heterocycles. The van der Waals surface area contributed by atoms with Crippen molar-refractivity contribution in [3.8, 4) is 5.75 Å². The number of carbonyl (C=O) groups excluding carboxylic acids is 2. The molecule has 1 fully saturated rings. The number of nitrogens with zero attached hydrogens (tertiary/aromatic N) is 2. The fourth-order valence-electron chi connectivity index (χ4n) is 3.78. The Morgan fingerprint density at radius 1 is 1.09 bits per heavy atom. The molecule has 162 valence electrons. The number of rotatable bonds is 6. The Morgan fingerprint density at radius 3 is 2.50 bits per heavy atom. The molecule has 32 heavy (non-hydrogen) atoms. The van der Waals surface area contributed by atoms with E-state index >= 15 is 0 Å². The van der Waals surface area contributed by atoms with Gasteiger partial charge in [-0.25, -0.2) is 4.39 Å². The van der Waals surface area contributed by atoms with Crippen molar-refractivity contribution in [3.63, 3.8) is 0 Å². The van der Waals surface area contributed by atoms with Crippen LogP contribution in [0.1, 0.15) is 29.7 Å². The zero-order chi connectivity index (χ0) is 22.7. The fraction of sp³-hybridized carbons (Fsp3) is 0.160. The minimum atomic E-state index is -0.821. The van der Waals surface area contributed by atoms with Crippen LogP contribution in [0.3, 0.4) is 0 Å². The first-order valence-electron chi connectivity index (χ1n) is 10.2. The molecule has 2 heterocycles. The van der Waals surface area contributed by atoms with E-state index in [1.807, 2.05) is 6.92 Å². The second-order valence-corrected chi connectivity index (χ2v) is 7.29. The molecule has 0 bridgehead atoms. The number of pyridine rings is 1. The molecule has 1 aliphatic rings. The SMILES string of the molecule is CCOc1cccc(/C(O)=C2/C(=O)C(=O)N(Cc3ccc(F)cc3)C2c2ccncc2)c1. The molecule has 1 unspecified atom stereocenters. The highest BCUT2D eigenvalue weighted by atomic mass is 19.1. The maximum Gasteiger partial charge on any atom is 0.295 e. The van der Waals surface area contributed by atoms with Gasteiger partial charge in [0.25, 0.3) is 11.7 Å². The zero-order valence-electron chi connectivity index (χ0n) is 17.4. The molecule has 6 nitrogen and oxygen atoms in total. The molecule has 1 atom stereocenters. The number of carbonyl (C=O) groups is 2. The van der Waals surface area contributed by atoms with Gasteiger partial charge in [0, 0.05) is 24.5 Å². The van der Waals surface area contributed by atoms with Crippen molar-refractivity contribution >= 4 is 17.4 Å². The molecular formula is C25H21FN2O4. The lowest BCUT2D eigenvalue weighted by Gasteiger charge is -2.25. The third kappa shape index (κ3) is 4.09. The van der Waals surface area contributed by atoms with E-state index in [1.165, 1.54) is 17.0 Å². The van der Waals surface area contributed by atoms with Gasteiger partial charge in [0.05, 0.1) is 18.2 Å². The van der Waals surface area contributed by atoms with Crippen molar-refractivity contribution in [2.75, 3.05) is 6.61 Å². The average Bonchev–Trinajstić information content (AvgIpc) is 3.06. The quantitative estimate of drug-likeness (QED) is 0.358. The van der Waals surface area contributed by atoms with E-state index in [-0.39, 0.29) is 17.9 Å². The Balaban J connectivity index is 1.82. The van der Waals surface area contributed by atoms with E-state index in [4.69, 9.17) is 4.74 Å². The fourth-order valence-corrected chi connectivity index (χ4v) is 3.78. The third-order valence-electron chi connectivity index (χ3n) is 5.25. The summed E-state index contributed by atoms with van der Waals surface area (Å²) in [7, 11) is 0. The topological polar surface area (TPSA) is 79.7 Å². The number of ether oxygens (including phenoxy) is 1. The number of amides is 1. The van der Waals surface area contributed by atoms with Gasteiger partial charge < -0.3 is 14.7 Å². The lowest BCUT2D eigenvalue weighted by Crippen LogP contribution is -2.29. The molecule has 0 saturated carbocycles. The summed E-state index contributed by atoms with van der Waals surface area (Å²) in [6, 6.07) is 15.0. The summed E-state index contributed by atoms with van der Waals surface area (Å²) in [4.78, 5) is 31.4. The lowest BCUT2D eigenvalue weighted by atomic mass is 9.95. The minimum absolute atomic E-state index is 0.0167. The number of ketones is 1. The Hall–Kier alpha value is -4.00. The predicted octanol–water partition coefficient (Wildman–Crippen LogP) is 4.24. The predicted molar refractivity (Wildman–Crippen MR) is 116 cm³/mol. The van der Waals surface area contributed by atoms with Gasteiger partial charge in [-0.1, -0.05) is 24.3 Å². The summed E-state index contributed by atoms with van der Waals surface area (Å²) in [6.07, 6.45) is 3.12. The smallest absolute Gasteiger partial charge is 0.295 e. The second-order valence-electron chi connectivity index (χ2n) is 7.29. The Kier molecular flexibility index (Phi) is 5.98. The van der Waals surface area contributed by atoms with E-state index in [9.17, 15) is 19.1 Å². The summed E-state index contributed by atoms with van der Waals surface area (Å²) < 4.78 is 18.8. The van der Waals surface area contributed by atoms with Gasteiger partial charge in [0.15, 0.2) is 0 Å². The number of aliphatic hydroxyl groups is 1. The second kappa shape index (κ2) is 9.01. The van der Waals surface area contributed by atoms with Crippen LogP contribution in [0.2, 0.25) is 0 Å². The first-order chi connectivity index (χ1) is 15.5. The number of aromatic nitrogens is 1. The van der Waals surface area contributed by atoms with Crippen LogP contribution in [-0.4, -0.2) is 33.3 Å². The number of likely N-dealkylation sites (tertiary alicyclic amines) is 1. The molecule has 3 aromatic rings. The lowest BCUT2D eigenvalue weighted by molar-refractivity contribution is -0.140. The van der Waals surface area contributed by atoms with Gasteiger partial charge in [-0.05, 0) is 54.4 Å². The Morgan fingerprint density at radius 2 is 1.81 bits per heavy atom. The van der Waals surface area contributed by atoms with Gasteiger partial charge in [-0.2, -0.15) is 0 Å². The van der Waals surface area contributed by atoms with Gasteiger partial charge in [0.1, 0.15) is 17.3 Å². The summed E-state index contributed by atoms with van der Waals surface area (Å²) in [5.74, 6) is -1.66. The molecule has 0 spiro atoms. The zero-order valence-corrected chi connectivity index (χ0v) is 17.4. The molecule has 1 aliphatic heterocycles. The monoisotopic (exact) mass is 432 g/mol. The summed E-state index contributed by atoms with van der Waals surface area (Å²) in [5, 5.41) is 11.1. The van der Waals surface area contributed by atoms with Crippen molar-refractivity contribution in [2.45, 2.75) is 19.5 Å².